The van der Waals surface area contributed by atoms with Gasteiger partial charge in [0, 0.05) is 11.1 Å². The average molecular weight is 327 g/mol. The van der Waals surface area contributed by atoms with E-state index in [1.54, 1.807) is 18.2 Å². The van der Waals surface area contributed by atoms with Crippen LogP contribution in [0.1, 0.15) is 15.9 Å². The number of amides is 1. The first-order chi connectivity index (χ1) is 11.2. The molecule has 0 atom stereocenters. The summed E-state index contributed by atoms with van der Waals surface area (Å²) in [5.41, 5.74) is 3.03. The number of hydrazone groups is 1. The van der Waals surface area contributed by atoms with Gasteiger partial charge >= 0.3 is 0 Å². The predicted molar refractivity (Wildman–Crippen MR) is 90.4 cm³/mol. The minimum absolute atomic E-state index is 0.132. The minimum Gasteiger partial charge on any atom is -0.267 e. The zero-order valence-electron chi connectivity index (χ0n) is 12.0. The van der Waals surface area contributed by atoms with Crippen molar-refractivity contribution < 1.29 is 9.18 Å². The van der Waals surface area contributed by atoms with Crippen molar-refractivity contribution in [2.45, 2.75) is 0 Å². The number of nitrogens with zero attached hydrogens (tertiary/aromatic N) is 1. The van der Waals surface area contributed by atoms with Gasteiger partial charge in [0.05, 0.1) is 11.2 Å². The number of halogens is 2. The molecule has 0 aromatic heterocycles. The number of carbonyl (C=O) groups excluding carboxylic acids is 1. The lowest BCUT2D eigenvalue weighted by atomic mass is 10.0. The number of benzene rings is 3. The van der Waals surface area contributed by atoms with Crippen LogP contribution in [0.4, 0.5) is 4.39 Å². The molecule has 0 heterocycles. The molecule has 1 amide bonds. The van der Waals surface area contributed by atoms with Crippen LogP contribution in [0.15, 0.2) is 65.8 Å². The summed E-state index contributed by atoms with van der Waals surface area (Å²) in [5.74, 6) is -0.869. The molecule has 0 aliphatic rings. The van der Waals surface area contributed by atoms with Gasteiger partial charge in [0.25, 0.3) is 5.91 Å². The van der Waals surface area contributed by atoms with E-state index >= 15 is 0 Å². The number of carbonyl (C=O) groups is 1. The van der Waals surface area contributed by atoms with Crippen LogP contribution in [0, 0.1) is 5.82 Å². The normalized spacial score (nSPS) is 11.0. The van der Waals surface area contributed by atoms with Gasteiger partial charge in [0.2, 0.25) is 0 Å². The molecule has 0 aliphatic heterocycles. The van der Waals surface area contributed by atoms with Gasteiger partial charge in [-0.25, -0.2) is 9.82 Å². The van der Waals surface area contributed by atoms with Crippen LogP contribution in [0.25, 0.3) is 10.8 Å². The van der Waals surface area contributed by atoms with E-state index in [4.69, 9.17) is 11.6 Å². The molecule has 0 bridgehead atoms. The van der Waals surface area contributed by atoms with Gasteiger partial charge in [-0.1, -0.05) is 54.1 Å². The third kappa shape index (κ3) is 3.22. The van der Waals surface area contributed by atoms with E-state index in [0.29, 0.717) is 5.56 Å². The van der Waals surface area contributed by atoms with Crippen LogP contribution < -0.4 is 5.43 Å². The van der Waals surface area contributed by atoms with Crippen LogP contribution in [-0.4, -0.2) is 12.1 Å². The highest BCUT2D eigenvalue weighted by molar-refractivity contribution is 6.33. The van der Waals surface area contributed by atoms with Crippen molar-refractivity contribution in [1.29, 1.82) is 0 Å². The maximum atomic E-state index is 13.6. The molecule has 0 fully saturated rings. The first kappa shape index (κ1) is 15.2. The number of hydrogen-bond donors (Lipinski definition) is 1. The van der Waals surface area contributed by atoms with E-state index < -0.39 is 5.82 Å². The molecule has 0 aliphatic carbocycles. The third-order valence-electron chi connectivity index (χ3n) is 3.39. The van der Waals surface area contributed by atoms with E-state index in [1.807, 2.05) is 30.3 Å². The molecule has 114 valence electrons. The Hall–Kier alpha value is -2.72. The van der Waals surface area contributed by atoms with Gasteiger partial charge in [0.15, 0.2) is 0 Å². The highest BCUT2D eigenvalue weighted by atomic mass is 35.5. The topological polar surface area (TPSA) is 41.5 Å². The van der Waals surface area contributed by atoms with E-state index in [9.17, 15) is 9.18 Å². The number of hydrogen-bond acceptors (Lipinski definition) is 2. The van der Waals surface area contributed by atoms with Crippen molar-refractivity contribution in [3.63, 3.8) is 0 Å². The summed E-state index contributed by atoms with van der Waals surface area (Å²) in [7, 11) is 0. The fourth-order valence-electron chi connectivity index (χ4n) is 2.27. The lowest BCUT2D eigenvalue weighted by molar-refractivity contribution is 0.0957. The lowest BCUT2D eigenvalue weighted by Crippen LogP contribution is -2.18. The Labute approximate surface area is 137 Å². The summed E-state index contributed by atoms with van der Waals surface area (Å²) in [6, 6.07) is 17.3. The smallest absolute Gasteiger partial charge is 0.267 e. The SMILES string of the molecule is O=C(N/N=C\c1c(F)cccc1Cl)c1cccc2ccccc12. The van der Waals surface area contributed by atoms with Gasteiger partial charge in [0.1, 0.15) is 5.82 Å². The van der Waals surface area contributed by atoms with E-state index in [2.05, 4.69) is 10.5 Å². The lowest BCUT2D eigenvalue weighted by Gasteiger charge is -2.05. The molecule has 3 aromatic carbocycles. The third-order valence-corrected chi connectivity index (χ3v) is 3.72. The predicted octanol–water partition coefficient (Wildman–Crippen LogP) is 4.40. The minimum atomic E-state index is -0.499. The van der Waals surface area contributed by atoms with Crippen LogP contribution >= 0.6 is 11.6 Å². The summed E-state index contributed by atoms with van der Waals surface area (Å²) in [6.07, 6.45) is 1.20. The zero-order chi connectivity index (χ0) is 16.2. The summed E-state index contributed by atoms with van der Waals surface area (Å²) >= 11 is 5.90. The van der Waals surface area contributed by atoms with E-state index in [-0.39, 0.29) is 16.5 Å². The van der Waals surface area contributed by atoms with Crippen LogP contribution in [-0.2, 0) is 0 Å². The summed E-state index contributed by atoms with van der Waals surface area (Å²) in [5, 5.41) is 5.81. The second-order valence-electron chi connectivity index (χ2n) is 4.86. The molecule has 0 unspecified atom stereocenters. The molecule has 3 nitrogen and oxygen atoms in total. The summed E-state index contributed by atoms with van der Waals surface area (Å²) in [4.78, 5) is 12.3. The highest BCUT2D eigenvalue weighted by Crippen LogP contribution is 2.19. The molecule has 0 spiro atoms. The van der Waals surface area contributed by atoms with Crippen LogP contribution in [0.3, 0.4) is 0 Å². The number of rotatable bonds is 3. The highest BCUT2D eigenvalue weighted by Gasteiger charge is 2.09. The van der Waals surface area contributed by atoms with Crippen molar-refractivity contribution in [3.8, 4) is 0 Å². The molecule has 23 heavy (non-hydrogen) atoms. The number of nitrogens with one attached hydrogen (secondary N) is 1. The van der Waals surface area contributed by atoms with Crippen molar-refractivity contribution in [2.24, 2.45) is 5.10 Å². The molecule has 3 rings (SSSR count). The Bertz CT molecular complexity index is 883. The maximum absolute atomic E-state index is 13.6. The fraction of sp³-hybridized carbons (Fsp3) is 0. The quantitative estimate of drug-likeness (QED) is 0.562. The summed E-state index contributed by atoms with van der Waals surface area (Å²) in [6.45, 7) is 0. The van der Waals surface area contributed by atoms with Gasteiger partial charge in [-0.05, 0) is 29.0 Å². The second kappa shape index (κ2) is 6.58. The molecular formula is C18H12ClFN2O. The van der Waals surface area contributed by atoms with Gasteiger partial charge in [-0.3, -0.25) is 4.79 Å². The second-order valence-corrected chi connectivity index (χ2v) is 5.27. The average Bonchev–Trinajstić information content (AvgIpc) is 2.57. The van der Waals surface area contributed by atoms with Crippen molar-refractivity contribution in [3.05, 3.63) is 82.6 Å². The Morgan fingerprint density at radius 1 is 1.04 bits per heavy atom. The Morgan fingerprint density at radius 3 is 2.61 bits per heavy atom. The van der Waals surface area contributed by atoms with Crippen molar-refractivity contribution in [2.75, 3.05) is 0 Å². The molecule has 5 heteroatoms. The van der Waals surface area contributed by atoms with Crippen molar-refractivity contribution >= 4 is 34.5 Å². The van der Waals surface area contributed by atoms with Gasteiger partial charge in [-0.2, -0.15) is 5.10 Å². The van der Waals surface area contributed by atoms with E-state index in [1.165, 1.54) is 18.3 Å². The molecule has 0 saturated carbocycles. The van der Waals surface area contributed by atoms with Crippen LogP contribution in [0.5, 0.6) is 0 Å². The molecule has 3 aromatic rings. The molecule has 1 N–H and O–H groups in total. The molecule has 0 radical (unpaired) electrons. The van der Waals surface area contributed by atoms with Gasteiger partial charge in [-0.15, -0.1) is 0 Å². The Balaban J connectivity index is 1.83. The standard InChI is InChI=1S/C18H12ClFN2O/c19-16-9-4-10-17(20)15(16)11-21-22-18(23)14-8-3-6-12-5-1-2-7-13(12)14/h1-11H,(H,22,23)/b21-11-. The Kier molecular flexibility index (Phi) is 4.35. The summed E-state index contributed by atoms with van der Waals surface area (Å²) < 4.78 is 13.6. The van der Waals surface area contributed by atoms with E-state index in [0.717, 1.165) is 10.8 Å². The van der Waals surface area contributed by atoms with Crippen molar-refractivity contribution in [1.82, 2.24) is 5.43 Å². The largest absolute Gasteiger partial charge is 0.271 e. The monoisotopic (exact) mass is 326 g/mol. The van der Waals surface area contributed by atoms with Crippen LogP contribution in [0.2, 0.25) is 5.02 Å². The molecule has 0 saturated heterocycles. The first-order valence-corrected chi connectivity index (χ1v) is 7.30. The zero-order valence-corrected chi connectivity index (χ0v) is 12.7. The Morgan fingerprint density at radius 2 is 1.78 bits per heavy atom. The van der Waals surface area contributed by atoms with Gasteiger partial charge < -0.3 is 0 Å². The number of fused-ring (bicyclic) bond motifs is 1. The fourth-order valence-corrected chi connectivity index (χ4v) is 2.48. The maximum Gasteiger partial charge on any atom is 0.271 e. The molecular weight excluding hydrogens is 315 g/mol. The first-order valence-electron chi connectivity index (χ1n) is 6.92.